The zero-order chi connectivity index (χ0) is 20.2. The minimum absolute atomic E-state index is 0.120. The van der Waals surface area contributed by atoms with Crippen molar-refractivity contribution in [2.45, 2.75) is 32.0 Å². The van der Waals surface area contributed by atoms with Crippen LogP contribution in [0.3, 0.4) is 0 Å². The highest BCUT2D eigenvalue weighted by Gasteiger charge is 2.45. The molecule has 1 saturated carbocycles. The predicted octanol–water partition coefficient (Wildman–Crippen LogP) is 5.02. The van der Waals surface area contributed by atoms with Crippen molar-refractivity contribution < 1.29 is 17.9 Å². The largest absolute Gasteiger partial charge is 0.492 e. The number of anilines is 1. The van der Waals surface area contributed by atoms with E-state index in [1.54, 1.807) is 18.3 Å². The maximum atomic E-state index is 13.6. The van der Waals surface area contributed by atoms with Crippen LogP contribution in [0.2, 0.25) is 5.15 Å². The van der Waals surface area contributed by atoms with Crippen molar-refractivity contribution in [2.75, 3.05) is 11.9 Å². The zero-order valence-corrected chi connectivity index (χ0v) is 15.9. The Kier molecular flexibility index (Phi) is 4.10. The average molecular weight is 421 g/mol. The quantitative estimate of drug-likeness (QED) is 0.517. The third-order valence-corrected chi connectivity index (χ3v) is 5.66. The molecule has 5 nitrogen and oxygen atoms in total. The molecule has 0 amide bonds. The molecule has 5 rings (SSSR count). The lowest BCUT2D eigenvalue weighted by molar-refractivity contribution is -0.139. The molecule has 0 unspecified atom stereocenters. The maximum Gasteiger partial charge on any atom is 0.419 e. The first kappa shape index (κ1) is 18.4. The zero-order valence-electron chi connectivity index (χ0n) is 15.2. The Labute approximate surface area is 169 Å². The fraction of sp³-hybridized carbons (Fsp3) is 0.350. The summed E-state index contributed by atoms with van der Waals surface area (Å²) < 4.78 is 46.5. The number of halogens is 4. The number of rotatable bonds is 0. The Balaban J connectivity index is 1.65. The Hall–Kier alpha value is -2.61. The summed E-state index contributed by atoms with van der Waals surface area (Å²) in [6.45, 7) is 0.320. The van der Waals surface area contributed by atoms with E-state index in [4.69, 9.17) is 16.3 Å². The van der Waals surface area contributed by atoms with Crippen LogP contribution in [0.1, 0.15) is 29.8 Å². The van der Waals surface area contributed by atoms with Crippen LogP contribution in [0, 0.1) is 5.41 Å². The number of nitrogens with one attached hydrogen (secondary N) is 1. The van der Waals surface area contributed by atoms with Crippen LogP contribution in [0.5, 0.6) is 5.75 Å². The van der Waals surface area contributed by atoms with E-state index < -0.39 is 11.7 Å². The number of nitrogens with zero attached hydrogens (tertiary/aromatic N) is 3. The number of hydrogen-bond donors (Lipinski definition) is 1. The van der Waals surface area contributed by atoms with Crippen molar-refractivity contribution in [3.05, 3.63) is 52.6 Å². The van der Waals surface area contributed by atoms with Crippen LogP contribution in [0.4, 0.5) is 19.0 Å². The van der Waals surface area contributed by atoms with Crippen LogP contribution in [-0.4, -0.2) is 21.6 Å². The van der Waals surface area contributed by atoms with Gasteiger partial charge in [-0.1, -0.05) is 23.7 Å². The molecule has 1 aromatic carbocycles. The summed E-state index contributed by atoms with van der Waals surface area (Å²) in [5.41, 5.74) is 0.0559. The van der Waals surface area contributed by atoms with E-state index in [0.717, 1.165) is 18.9 Å². The number of benzene rings is 1. The fourth-order valence-corrected chi connectivity index (χ4v) is 3.83. The van der Waals surface area contributed by atoms with Crippen molar-refractivity contribution >= 4 is 28.3 Å². The molecule has 0 atom stereocenters. The lowest BCUT2D eigenvalue weighted by Gasteiger charge is -2.20. The summed E-state index contributed by atoms with van der Waals surface area (Å²) in [6.07, 6.45) is -0.659. The number of fused-ring (bicyclic) bond motifs is 5. The van der Waals surface area contributed by atoms with Crippen LogP contribution < -0.4 is 10.1 Å². The van der Waals surface area contributed by atoms with Crippen molar-refractivity contribution in [3.63, 3.8) is 0 Å². The first-order valence-electron chi connectivity index (χ1n) is 9.21. The van der Waals surface area contributed by atoms with Crippen LogP contribution in [0.15, 0.2) is 30.5 Å². The van der Waals surface area contributed by atoms with E-state index in [9.17, 15) is 13.2 Å². The normalized spacial score (nSPS) is 17.8. The second kappa shape index (κ2) is 6.45. The van der Waals surface area contributed by atoms with Gasteiger partial charge in [0.2, 0.25) is 0 Å². The Morgan fingerprint density at radius 2 is 2.00 bits per heavy atom. The van der Waals surface area contributed by atoms with Gasteiger partial charge in [-0.25, -0.2) is 15.0 Å². The minimum atomic E-state index is -4.49. The van der Waals surface area contributed by atoms with Gasteiger partial charge in [0.15, 0.2) is 0 Å². The van der Waals surface area contributed by atoms with Crippen molar-refractivity contribution in [3.8, 4) is 5.75 Å². The molecule has 2 aromatic heterocycles. The SMILES string of the molecule is FC(F)(F)c1cccc2c1OCC1(CC1)Cc1nc(c3cc(Cl)ncc3n1)NC2. The number of hydrogen-bond acceptors (Lipinski definition) is 5. The van der Waals surface area contributed by atoms with E-state index in [1.165, 1.54) is 6.07 Å². The summed E-state index contributed by atoms with van der Waals surface area (Å²) in [5, 5.41) is 4.12. The van der Waals surface area contributed by atoms with Crippen LogP contribution in [0.25, 0.3) is 10.9 Å². The Morgan fingerprint density at radius 3 is 2.76 bits per heavy atom. The molecule has 150 valence electrons. The lowest BCUT2D eigenvalue weighted by Crippen LogP contribution is -2.19. The molecule has 2 bridgehead atoms. The van der Waals surface area contributed by atoms with Gasteiger partial charge in [-0.05, 0) is 25.0 Å². The third kappa shape index (κ3) is 3.46. The number of aromatic nitrogens is 3. The van der Waals surface area contributed by atoms with Crippen molar-refractivity contribution in [1.82, 2.24) is 15.0 Å². The Morgan fingerprint density at radius 1 is 1.17 bits per heavy atom. The smallest absolute Gasteiger partial charge is 0.419 e. The lowest BCUT2D eigenvalue weighted by atomic mass is 10.0. The molecule has 9 heteroatoms. The molecule has 3 heterocycles. The Bertz CT molecular complexity index is 1110. The van der Waals surface area contributed by atoms with Gasteiger partial charge in [-0.2, -0.15) is 13.2 Å². The van der Waals surface area contributed by atoms with E-state index in [2.05, 4.69) is 20.3 Å². The predicted molar refractivity (Wildman–Crippen MR) is 102 cm³/mol. The van der Waals surface area contributed by atoms with Crippen molar-refractivity contribution in [2.24, 2.45) is 5.41 Å². The minimum Gasteiger partial charge on any atom is -0.492 e. The van der Waals surface area contributed by atoms with Crippen LogP contribution in [-0.2, 0) is 19.1 Å². The first-order valence-corrected chi connectivity index (χ1v) is 9.59. The molecule has 1 N–H and O–H groups in total. The van der Waals surface area contributed by atoms with Gasteiger partial charge < -0.3 is 10.1 Å². The monoisotopic (exact) mass is 420 g/mol. The summed E-state index contributed by atoms with van der Waals surface area (Å²) >= 11 is 6.03. The summed E-state index contributed by atoms with van der Waals surface area (Å²) in [7, 11) is 0. The van der Waals surface area contributed by atoms with Gasteiger partial charge in [0.25, 0.3) is 0 Å². The molecular weight excluding hydrogens is 405 g/mol. The highest BCUT2D eigenvalue weighted by molar-refractivity contribution is 6.30. The summed E-state index contributed by atoms with van der Waals surface area (Å²) in [6, 6.07) is 5.73. The molecule has 1 fully saturated rings. The second-order valence-corrected chi connectivity index (χ2v) is 8.01. The molecule has 1 aliphatic carbocycles. The number of ether oxygens (including phenoxy) is 1. The van der Waals surface area contributed by atoms with Crippen molar-refractivity contribution in [1.29, 1.82) is 0 Å². The highest BCUT2D eigenvalue weighted by atomic mass is 35.5. The molecule has 0 radical (unpaired) electrons. The standard InChI is InChI=1S/C20H16ClF3N4O/c21-15-6-12-14(9-25-15)27-16-7-19(4-5-19)10-29-17-11(8-26-18(12)28-16)2-1-3-13(17)20(22,23)24/h1-3,6,9H,4-5,7-8,10H2,(H,26,27,28). The third-order valence-electron chi connectivity index (χ3n) is 5.46. The fourth-order valence-electron chi connectivity index (χ4n) is 3.67. The first-order chi connectivity index (χ1) is 13.8. The van der Waals surface area contributed by atoms with E-state index in [0.29, 0.717) is 39.7 Å². The topological polar surface area (TPSA) is 59.9 Å². The van der Waals surface area contributed by atoms with E-state index in [-0.39, 0.29) is 24.3 Å². The highest BCUT2D eigenvalue weighted by Crippen LogP contribution is 2.49. The van der Waals surface area contributed by atoms with Gasteiger partial charge >= 0.3 is 6.18 Å². The van der Waals surface area contributed by atoms with Gasteiger partial charge in [0, 0.05) is 29.3 Å². The molecular formula is C20H16ClF3N4O. The number of para-hydroxylation sites is 1. The van der Waals surface area contributed by atoms with E-state index in [1.807, 2.05) is 0 Å². The number of pyridine rings is 1. The molecule has 3 aromatic rings. The molecule has 2 aliphatic rings. The second-order valence-electron chi connectivity index (χ2n) is 7.62. The van der Waals surface area contributed by atoms with Gasteiger partial charge in [0.05, 0.1) is 23.9 Å². The van der Waals surface area contributed by atoms with E-state index >= 15 is 0 Å². The summed E-state index contributed by atoms with van der Waals surface area (Å²) in [4.78, 5) is 13.3. The summed E-state index contributed by atoms with van der Waals surface area (Å²) in [5.74, 6) is 1.02. The van der Waals surface area contributed by atoms with Gasteiger partial charge in [-0.15, -0.1) is 0 Å². The average Bonchev–Trinajstić information content (AvgIpc) is 3.43. The van der Waals surface area contributed by atoms with Gasteiger partial charge in [-0.3, -0.25) is 0 Å². The van der Waals surface area contributed by atoms with Crippen LogP contribution >= 0.6 is 11.6 Å². The molecule has 0 saturated heterocycles. The maximum absolute atomic E-state index is 13.6. The van der Waals surface area contributed by atoms with Gasteiger partial charge in [0.1, 0.15) is 22.5 Å². The molecule has 1 aliphatic heterocycles. The number of alkyl halides is 3. The molecule has 1 spiro atoms. The molecule has 29 heavy (non-hydrogen) atoms.